The smallest absolute Gasteiger partial charge is 0.230 e. The summed E-state index contributed by atoms with van der Waals surface area (Å²) in [5.41, 5.74) is 1.70. The van der Waals surface area contributed by atoms with Gasteiger partial charge < -0.3 is 5.32 Å². The summed E-state index contributed by atoms with van der Waals surface area (Å²) in [4.78, 5) is 23.5. The van der Waals surface area contributed by atoms with Crippen molar-refractivity contribution in [2.75, 3.05) is 5.75 Å². The van der Waals surface area contributed by atoms with Gasteiger partial charge in [-0.1, -0.05) is 48.0 Å². The van der Waals surface area contributed by atoms with Gasteiger partial charge in [-0.05, 0) is 54.8 Å². The number of thioether (sulfide) groups is 1. The summed E-state index contributed by atoms with van der Waals surface area (Å²) in [6.07, 6.45) is 5.62. The van der Waals surface area contributed by atoms with Crippen molar-refractivity contribution in [3.63, 3.8) is 0 Å². The first kappa shape index (κ1) is 19.7. The van der Waals surface area contributed by atoms with Gasteiger partial charge in [0.15, 0.2) is 5.66 Å². The zero-order valence-electron chi connectivity index (χ0n) is 15.5. The molecule has 0 bridgehead atoms. The van der Waals surface area contributed by atoms with Gasteiger partial charge in [0.05, 0.1) is 10.6 Å². The van der Waals surface area contributed by atoms with Gasteiger partial charge in [0, 0.05) is 11.6 Å². The Balaban J connectivity index is 1.39. The molecule has 2 heterocycles. The topological polar surface area (TPSA) is 53.8 Å². The Morgan fingerprint density at radius 3 is 2.64 bits per heavy atom. The molecule has 1 saturated carbocycles. The number of carbonyl (C=O) groups is 1. The number of hydrogen-bond acceptors (Lipinski definition) is 5. The van der Waals surface area contributed by atoms with Crippen LogP contribution in [0.25, 0.3) is 0 Å². The van der Waals surface area contributed by atoms with Crippen molar-refractivity contribution < 1.29 is 4.79 Å². The standard InChI is InChI=1S/C21H22ClN3OS2/c22-16-8-6-15(7-9-16)13-23-18(26)14-28-20-19(17-5-4-12-27-17)24-21(25-20)10-2-1-3-11-21/h4-9,12H,1-3,10-11,13-14H2,(H,23,26). The lowest BCUT2D eigenvalue weighted by molar-refractivity contribution is -0.118. The highest BCUT2D eigenvalue weighted by Crippen LogP contribution is 2.39. The molecule has 1 aliphatic carbocycles. The number of nitrogens with one attached hydrogen (secondary N) is 1. The number of carbonyl (C=O) groups excluding carboxylic acids is 1. The molecule has 0 unspecified atom stereocenters. The van der Waals surface area contributed by atoms with E-state index >= 15 is 0 Å². The van der Waals surface area contributed by atoms with Crippen LogP contribution in [0.5, 0.6) is 0 Å². The van der Waals surface area contributed by atoms with E-state index in [9.17, 15) is 4.79 Å². The van der Waals surface area contributed by atoms with Crippen molar-refractivity contribution in [3.8, 4) is 0 Å². The molecule has 4 nitrogen and oxygen atoms in total. The van der Waals surface area contributed by atoms with Crippen LogP contribution in [0, 0.1) is 0 Å². The number of benzene rings is 1. The van der Waals surface area contributed by atoms with E-state index in [0.29, 0.717) is 17.3 Å². The van der Waals surface area contributed by atoms with E-state index in [1.165, 1.54) is 31.0 Å². The summed E-state index contributed by atoms with van der Waals surface area (Å²) >= 11 is 9.07. The van der Waals surface area contributed by atoms with Gasteiger partial charge >= 0.3 is 0 Å². The molecule has 0 radical (unpaired) electrons. The molecule has 0 saturated heterocycles. The van der Waals surface area contributed by atoms with Crippen LogP contribution in [0.4, 0.5) is 0 Å². The second-order valence-electron chi connectivity index (χ2n) is 7.09. The highest BCUT2D eigenvalue weighted by Gasteiger charge is 2.38. The predicted molar refractivity (Wildman–Crippen MR) is 120 cm³/mol. The molecule has 146 valence electrons. The Bertz CT molecular complexity index is 885. The van der Waals surface area contributed by atoms with E-state index in [-0.39, 0.29) is 11.6 Å². The van der Waals surface area contributed by atoms with Crippen molar-refractivity contribution >= 4 is 51.4 Å². The quantitative estimate of drug-likeness (QED) is 0.697. The minimum atomic E-state index is -0.292. The van der Waals surface area contributed by atoms with Gasteiger partial charge in [-0.2, -0.15) is 0 Å². The lowest BCUT2D eigenvalue weighted by atomic mass is 9.90. The molecule has 4 rings (SSSR count). The molecule has 0 atom stereocenters. The predicted octanol–water partition coefficient (Wildman–Crippen LogP) is 5.31. The normalized spacial score (nSPS) is 18.0. The molecule has 2 aliphatic rings. The summed E-state index contributed by atoms with van der Waals surface area (Å²) < 4.78 is 0. The maximum absolute atomic E-state index is 12.4. The second kappa shape index (κ2) is 8.80. The van der Waals surface area contributed by atoms with Crippen LogP contribution in [0.1, 0.15) is 42.5 Å². The highest BCUT2D eigenvalue weighted by molar-refractivity contribution is 8.16. The third kappa shape index (κ3) is 4.67. The lowest BCUT2D eigenvalue weighted by Crippen LogP contribution is -2.26. The van der Waals surface area contributed by atoms with Crippen LogP contribution in [0.15, 0.2) is 51.8 Å². The molecule has 1 amide bonds. The molecule has 7 heteroatoms. The van der Waals surface area contributed by atoms with Gasteiger partial charge in [0.1, 0.15) is 10.8 Å². The van der Waals surface area contributed by atoms with Crippen molar-refractivity contribution in [1.29, 1.82) is 0 Å². The Hall–Kier alpha value is -1.63. The van der Waals surface area contributed by atoms with E-state index in [1.54, 1.807) is 11.3 Å². The molecule has 1 fully saturated rings. The Kier molecular flexibility index (Phi) is 6.19. The van der Waals surface area contributed by atoms with Crippen LogP contribution in [0.2, 0.25) is 5.02 Å². The van der Waals surface area contributed by atoms with Crippen LogP contribution in [-0.4, -0.2) is 28.1 Å². The molecule has 1 aromatic heterocycles. The minimum absolute atomic E-state index is 0.00206. The maximum Gasteiger partial charge on any atom is 0.230 e. The number of amides is 1. The first-order valence-corrected chi connectivity index (χ1v) is 11.8. The van der Waals surface area contributed by atoms with Crippen molar-refractivity contribution in [2.24, 2.45) is 9.98 Å². The zero-order valence-corrected chi connectivity index (χ0v) is 17.9. The first-order valence-electron chi connectivity index (χ1n) is 9.51. The zero-order chi connectivity index (χ0) is 19.4. The Morgan fingerprint density at radius 1 is 1.14 bits per heavy atom. The number of nitrogens with zero attached hydrogens (tertiary/aromatic N) is 2. The van der Waals surface area contributed by atoms with Crippen molar-refractivity contribution in [3.05, 3.63) is 57.2 Å². The number of hydrogen-bond donors (Lipinski definition) is 1. The maximum atomic E-state index is 12.4. The molecule has 28 heavy (non-hydrogen) atoms. The van der Waals surface area contributed by atoms with Crippen LogP contribution >= 0.6 is 34.7 Å². The Labute approximate surface area is 178 Å². The number of thiophene rings is 1. The number of aliphatic imine (C=N–C) groups is 2. The van der Waals surface area contributed by atoms with Crippen molar-refractivity contribution in [1.82, 2.24) is 5.32 Å². The van der Waals surface area contributed by atoms with E-state index in [4.69, 9.17) is 21.6 Å². The third-order valence-corrected chi connectivity index (χ3v) is 7.08. The van der Waals surface area contributed by atoms with E-state index in [0.717, 1.165) is 34.0 Å². The minimum Gasteiger partial charge on any atom is -0.351 e. The fraction of sp³-hybridized carbons (Fsp3) is 0.381. The summed E-state index contributed by atoms with van der Waals surface area (Å²) in [5.74, 6) is 0.338. The van der Waals surface area contributed by atoms with E-state index < -0.39 is 0 Å². The highest BCUT2D eigenvalue weighted by atomic mass is 35.5. The number of halogens is 1. The fourth-order valence-electron chi connectivity index (χ4n) is 3.53. The lowest BCUT2D eigenvalue weighted by Gasteiger charge is -2.27. The van der Waals surface area contributed by atoms with E-state index in [2.05, 4.69) is 16.8 Å². The van der Waals surface area contributed by atoms with Crippen molar-refractivity contribution in [2.45, 2.75) is 44.3 Å². The molecular formula is C21H22ClN3OS2. The fourth-order valence-corrected chi connectivity index (χ4v) is 5.33. The molecular weight excluding hydrogens is 410 g/mol. The molecule has 2 aromatic rings. The summed E-state index contributed by atoms with van der Waals surface area (Å²) in [7, 11) is 0. The van der Waals surface area contributed by atoms with Gasteiger partial charge in [-0.25, -0.2) is 4.99 Å². The first-order chi connectivity index (χ1) is 13.6. The summed E-state index contributed by atoms with van der Waals surface area (Å²) in [5, 5.41) is 6.63. The van der Waals surface area contributed by atoms with Gasteiger partial charge in [0.25, 0.3) is 0 Å². The summed E-state index contributed by atoms with van der Waals surface area (Å²) in [6.45, 7) is 0.499. The molecule has 1 spiro atoms. The van der Waals surface area contributed by atoms with Gasteiger partial charge in [-0.15, -0.1) is 11.3 Å². The van der Waals surface area contributed by atoms with Crippen LogP contribution in [-0.2, 0) is 11.3 Å². The molecule has 1 aliphatic heterocycles. The Morgan fingerprint density at radius 2 is 1.93 bits per heavy atom. The largest absolute Gasteiger partial charge is 0.351 e. The molecule has 1 aromatic carbocycles. The van der Waals surface area contributed by atoms with E-state index in [1.807, 2.05) is 30.3 Å². The second-order valence-corrected chi connectivity index (χ2v) is 9.44. The molecule has 1 N–H and O–H groups in total. The van der Waals surface area contributed by atoms with Crippen LogP contribution < -0.4 is 5.32 Å². The third-order valence-electron chi connectivity index (χ3n) is 4.98. The number of rotatable bonds is 5. The van der Waals surface area contributed by atoms with Gasteiger partial charge in [0.2, 0.25) is 5.91 Å². The SMILES string of the molecule is O=C(CSC1=NC2(CCCCC2)N=C1c1cccs1)NCc1ccc(Cl)cc1. The van der Waals surface area contributed by atoms with Gasteiger partial charge in [-0.3, -0.25) is 9.79 Å². The monoisotopic (exact) mass is 431 g/mol. The summed E-state index contributed by atoms with van der Waals surface area (Å²) in [6, 6.07) is 11.6. The average Bonchev–Trinajstić information content (AvgIpc) is 3.35. The van der Waals surface area contributed by atoms with Crippen LogP contribution in [0.3, 0.4) is 0 Å². The average molecular weight is 432 g/mol.